The molecule has 0 spiro atoms. The molecular formula is C13H18N2O5. The molecule has 110 valence electrons. The molecule has 1 aromatic carbocycles. The van der Waals surface area contributed by atoms with Gasteiger partial charge < -0.3 is 15.2 Å². The van der Waals surface area contributed by atoms with Gasteiger partial charge in [-0.15, -0.1) is 0 Å². The number of nitrogens with zero attached hydrogens (tertiary/aromatic N) is 1. The fourth-order valence-corrected chi connectivity index (χ4v) is 1.75. The Morgan fingerprint density at radius 2 is 2.25 bits per heavy atom. The Bertz CT molecular complexity index is 490. The van der Waals surface area contributed by atoms with Gasteiger partial charge in [0.05, 0.1) is 17.6 Å². The van der Waals surface area contributed by atoms with E-state index in [1.54, 1.807) is 0 Å². The van der Waals surface area contributed by atoms with Gasteiger partial charge in [-0.25, -0.2) is 0 Å². The quantitative estimate of drug-likeness (QED) is 0.580. The van der Waals surface area contributed by atoms with Gasteiger partial charge in [-0.1, -0.05) is 13.0 Å². The number of hydrogen-bond acceptors (Lipinski definition) is 5. The van der Waals surface area contributed by atoms with Crippen LogP contribution in [0.15, 0.2) is 18.2 Å². The molecule has 0 heterocycles. The molecule has 0 aliphatic rings. The molecule has 7 nitrogen and oxygen atoms in total. The van der Waals surface area contributed by atoms with Gasteiger partial charge in [0.2, 0.25) is 5.75 Å². The van der Waals surface area contributed by atoms with Crippen molar-refractivity contribution in [1.82, 2.24) is 5.32 Å². The zero-order chi connectivity index (χ0) is 15.1. The van der Waals surface area contributed by atoms with Crippen molar-refractivity contribution in [2.75, 3.05) is 20.3 Å². The number of carbonyl (C=O) groups excluding carboxylic acids is 1. The van der Waals surface area contributed by atoms with Crippen LogP contribution in [0.2, 0.25) is 0 Å². The van der Waals surface area contributed by atoms with Gasteiger partial charge in [-0.3, -0.25) is 14.9 Å². The maximum absolute atomic E-state index is 12.0. The van der Waals surface area contributed by atoms with Crippen molar-refractivity contribution >= 4 is 11.6 Å². The van der Waals surface area contributed by atoms with Crippen LogP contribution in [-0.2, 0) is 0 Å². The number of carbonyl (C=O) groups is 1. The van der Waals surface area contributed by atoms with Gasteiger partial charge in [0.1, 0.15) is 0 Å². The predicted molar refractivity (Wildman–Crippen MR) is 72.8 cm³/mol. The molecule has 0 aliphatic heterocycles. The number of nitrogens with one attached hydrogen (secondary N) is 1. The lowest BCUT2D eigenvalue weighted by molar-refractivity contribution is -0.385. The molecule has 0 fully saturated rings. The molecule has 0 radical (unpaired) electrons. The summed E-state index contributed by atoms with van der Waals surface area (Å²) in [5, 5.41) is 22.3. The highest BCUT2D eigenvalue weighted by molar-refractivity contribution is 5.98. The highest BCUT2D eigenvalue weighted by Gasteiger charge is 2.22. The molecule has 1 rings (SSSR count). The first-order valence-electron chi connectivity index (χ1n) is 6.21. The fourth-order valence-electron chi connectivity index (χ4n) is 1.75. The second-order valence-electron chi connectivity index (χ2n) is 4.44. The van der Waals surface area contributed by atoms with Crippen LogP contribution in [0.4, 0.5) is 5.69 Å². The minimum absolute atomic E-state index is 0.0511. The summed E-state index contributed by atoms with van der Waals surface area (Å²) in [5.41, 5.74) is -0.124. The van der Waals surface area contributed by atoms with E-state index < -0.39 is 10.8 Å². The van der Waals surface area contributed by atoms with Crippen molar-refractivity contribution in [3.63, 3.8) is 0 Å². The first kappa shape index (κ1) is 15.9. The van der Waals surface area contributed by atoms with Crippen molar-refractivity contribution in [1.29, 1.82) is 0 Å². The van der Waals surface area contributed by atoms with Gasteiger partial charge >= 0.3 is 5.69 Å². The van der Waals surface area contributed by atoms with Crippen LogP contribution in [-0.4, -0.2) is 36.2 Å². The number of aliphatic hydroxyl groups is 1. The molecule has 0 aliphatic carbocycles. The average molecular weight is 282 g/mol. The number of methoxy groups -OCH3 is 1. The minimum Gasteiger partial charge on any atom is -0.490 e. The Balaban J connectivity index is 2.87. The highest BCUT2D eigenvalue weighted by atomic mass is 16.6. The fraction of sp³-hybridized carbons (Fsp3) is 0.462. The smallest absolute Gasteiger partial charge is 0.311 e. The highest BCUT2D eigenvalue weighted by Crippen LogP contribution is 2.30. The van der Waals surface area contributed by atoms with Crippen molar-refractivity contribution in [3.05, 3.63) is 33.9 Å². The van der Waals surface area contributed by atoms with Crippen LogP contribution in [0.3, 0.4) is 0 Å². The summed E-state index contributed by atoms with van der Waals surface area (Å²) in [7, 11) is 1.29. The minimum atomic E-state index is -0.593. The normalized spacial score (nSPS) is 11.8. The molecule has 0 saturated carbocycles. The van der Waals surface area contributed by atoms with Crippen molar-refractivity contribution in [2.24, 2.45) is 5.92 Å². The first-order valence-corrected chi connectivity index (χ1v) is 6.21. The Kier molecular flexibility index (Phi) is 5.92. The predicted octanol–water partition coefficient (Wildman–Crippen LogP) is 1.35. The Hall–Kier alpha value is -2.15. The van der Waals surface area contributed by atoms with E-state index >= 15 is 0 Å². The van der Waals surface area contributed by atoms with E-state index in [4.69, 9.17) is 9.84 Å². The van der Waals surface area contributed by atoms with Gasteiger partial charge in [0.15, 0.2) is 0 Å². The number of rotatable bonds is 7. The number of nitro groups is 1. The number of hydrogen-bond donors (Lipinski definition) is 2. The summed E-state index contributed by atoms with van der Waals surface area (Å²) >= 11 is 0. The van der Waals surface area contributed by atoms with Gasteiger partial charge in [-0.05, 0) is 18.4 Å². The molecule has 1 aromatic rings. The second-order valence-corrected chi connectivity index (χ2v) is 4.44. The van der Waals surface area contributed by atoms with E-state index in [1.165, 1.54) is 25.3 Å². The monoisotopic (exact) mass is 282 g/mol. The maximum atomic E-state index is 12.0. The molecule has 7 heteroatoms. The molecule has 1 atom stereocenters. The topological polar surface area (TPSA) is 102 Å². The lowest BCUT2D eigenvalue weighted by atomic mass is 10.1. The largest absolute Gasteiger partial charge is 0.490 e. The van der Waals surface area contributed by atoms with E-state index in [9.17, 15) is 14.9 Å². The summed E-state index contributed by atoms with van der Waals surface area (Å²) in [5.74, 6) is -0.367. The number of amides is 1. The first-order chi connectivity index (χ1) is 9.51. The SMILES string of the molecule is COc1c(C(=O)NCC(C)CCO)cccc1[N+](=O)[O-]. The van der Waals surface area contributed by atoms with Crippen molar-refractivity contribution < 1.29 is 19.6 Å². The van der Waals surface area contributed by atoms with Crippen LogP contribution >= 0.6 is 0 Å². The molecular weight excluding hydrogens is 264 g/mol. The number of para-hydroxylation sites is 1. The molecule has 2 N–H and O–H groups in total. The zero-order valence-corrected chi connectivity index (χ0v) is 11.5. The summed E-state index contributed by atoms with van der Waals surface area (Å²) in [6.07, 6.45) is 0.576. The van der Waals surface area contributed by atoms with Gasteiger partial charge in [-0.2, -0.15) is 0 Å². The molecule has 20 heavy (non-hydrogen) atoms. The van der Waals surface area contributed by atoms with Gasteiger partial charge in [0.25, 0.3) is 5.91 Å². The van der Waals surface area contributed by atoms with Crippen molar-refractivity contribution in [2.45, 2.75) is 13.3 Å². The summed E-state index contributed by atoms with van der Waals surface area (Å²) in [6, 6.07) is 4.19. The lowest BCUT2D eigenvalue weighted by Gasteiger charge is -2.12. The third-order valence-electron chi connectivity index (χ3n) is 2.87. The Morgan fingerprint density at radius 3 is 2.80 bits per heavy atom. The number of nitro benzene ring substituents is 1. The van der Waals surface area contributed by atoms with Gasteiger partial charge in [0, 0.05) is 19.2 Å². The maximum Gasteiger partial charge on any atom is 0.311 e. The Morgan fingerprint density at radius 1 is 1.55 bits per heavy atom. The number of aliphatic hydroxyl groups excluding tert-OH is 1. The van der Waals surface area contributed by atoms with E-state index in [0.717, 1.165) is 0 Å². The van der Waals surface area contributed by atoms with Crippen LogP contribution in [0.1, 0.15) is 23.7 Å². The lowest BCUT2D eigenvalue weighted by Crippen LogP contribution is -2.29. The number of benzene rings is 1. The van der Waals surface area contributed by atoms with E-state index in [1.807, 2.05) is 6.92 Å². The molecule has 0 saturated heterocycles. The Labute approximate surface area is 116 Å². The second kappa shape index (κ2) is 7.44. The average Bonchev–Trinajstić information content (AvgIpc) is 2.44. The van der Waals surface area contributed by atoms with E-state index in [0.29, 0.717) is 13.0 Å². The van der Waals surface area contributed by atoms with Crippen LogP contribution in [0, 0.1) is 16.0 Å². The summed E-state index contributed by atoms with van der Waals surface area (Å²) < 4.78 is 4.97. The molecule has 1 amide bonds. The van der Waals surface area contributed by atoms with Crippen molar-refractivity contribution in [3.8, 4) is 5.75 Å². The number of ether oxygens (including phenoxy) is 1. The molecule has 0 aromatic heterocycles. The van der Waals surface area contributed by atoms with Crippen LogP contribution in [0.25, 0.3) is 0 Å². The third-order valence-corrected chi connectivity index (χ3v) is 2.87. The van der Waals surface area contributed by atoms with E-state index in [2.05, 4.69) is 5.32 Å². The zero-order valence-electron chi connectivity index (χ0n) is 11.5. The summed E-state index contributed by atoms with van der Waals surface area (Å²) in [4.78, 5) is 22.3. The third kappa shape index (κ3) is 3.92. The molecule has 1 unspecified atom stereocenters. The summed E-state index contributed by atoms with van der Waals surface area (Å²) in [6.45, 7) is 2.32. The van der Waals surface area contributed by atoms with Crippen LogP contribution < -0.4 is 10.1 Å². The standard InChI is InChI=1S/C13H18N2O5/c1-9(6-7-16)8-14-13(17)10-4-3-5-11(15(18)19)12(10)20-2/h3-5,9,16H,6-8H2,1-2H3,(H,14,17). The van der Waals surface area contributed by atoms with Crippen LogP contribution in [0.5, 0.6) is 5.75 Å². The molecule has 0 bridgehead atoms. The van der Waals surface area contributed by atoms with E-state index in [-0.39, 0.29) is 29.5 Å².